The number of nitrogen functional groups attached to an aromatic ring is 1. The molecule has 2 N–H and O–H groups in total. The summed E-state index contributed by atoms with van der Waals surface area (Å²) in [5, 5.41) is 10.6. The highest BCUT2D eigenvalue weighted by Gasteiger charge is 2.12. The first kappa shape index (κ1) is 13.5. The predicted octanol–water partition coefficient (Wildman–Crippen LogP) is 2.33. The van der Waals surface area contributed by atoms with Crippen LogP contribution in [0.15, 0.2) is 48.5 Å². The van der Waals surface area contributed by atoms with Gasteiger partial charge in [0.15, 0.2) is 5.75 Å². The van der Waals surface area contributed by atoms with Gasteiger partial charge in [0.05, 0.1) is 17.0 Å². The molecule has 102 valence electrons. The Kier molecular flexibility index (Phi) is 3.95. The average molecular weight is 272 g/mol. The van der Waals surface area contributed by atoms with Crippen LogP contribution in [0.25, 0.3) is 0 Å². The van der Waals surface area contributed by atoms with Gasteiger partial charge in [-0.25, -0.2) is 0 Å². The number of esters is 1. The lowest BCUT2D eigenvalue weighted by Gasteiger charge is -2.07. The summed E-state index contributed by atoms with van der Waals surface area (Å²) >= 11 is 0. The normalized spacial score (nSPS) is 10.0. The molecule has 0 heterocycles. The van der Waals surface area contributed by atoms with Crippen LogP contribution in [0.4, 0.5) is 11.4 Å². The Morgan fingerprint density at radius 1 is 1.20 bits per heavy atom. The van der Waals surface area contributed by atoms with E-state index in [9.17, 15) is 14.9 Å². The monoisotopic (exact) mass is 272 g/mol. The third kappa shape index (κ3) is 3.32. The number of nitro groups is 1. The fraction of sp³-hybridized carbons (Fsp3) is 0.0714. The van der Waals surface area contributed by atoms with Crippen LogP contribution >= 0.6 is 0 Å². The number of nitro benzene ring substituents is 1. The molecule has 0 amide bonds. The number of ether oxygens (including phenoxy) is 1. The minimum atomic E-state index is -0.564. The van der Waals surface area contributed by atoms with Crippen LogP contribution in [-0.4, -0.2) is 10.9 Å². The van der Waals surface area contributed by atoms with E-state index in [1.165, 1.54) is 12.1 Å². The second-order valence-corrected chi connectivity index (χ2v) is 4.12. The van der Waals surface area contributed by atoms with E-state index in [0.717, 1.165) is 11.6 Å². The summed E-state index contributed by atoms with van der Waals surface area (Å²) in [7, 11) is 0. The summed E-state index contributed by atoms with van der Waals surface area (Å²) in [6, 6.07) is 12.8. The molecule has 20 heavy (non-hydrogen) atoms. The van der Waals surface area contributed by atoms with Crippen LogP contribution < -0.4 is 10.5 Å². The van der Waals surface area contributed by atoms with E-state index in [-0.39, 0.29) is 23.5 Å². The first-order chi connectivity index (χ1) is 9.56. The predicted molar refractivity (Wildman–Crippen MR) is 73.3 cm³/mol. The van der Waals surface area contributed by atoms with Crippen molar-refractivity contribution in [2.45, 2.75) is 6.42 Å². The molecule has 0 radical (unpaired) electrons. The van der Waals surface area contributed by atoms with Crippen molar-refractivity contribution in [3.63, 3.8) is 0 Å². The summed E-state index contributed by atoms with van der Waals surface area (Å²) < 4.78 is 5.10. The van der Waals surface area contributed by atoms with E-state index in [1.807, 2.05) is 18.2 Å². The number of benzene rings is 2. The van der Waals surface area contributed by atoms with Gasteiger partial charge in [-0.2, -0.15) is 0 Å². The minimum absolute atomic E-state index is 0.0561. The average Bonchev–Trinajstić information content (AvgIpc) is 2.42. The largest absolute Gasteiger partial charge is 0.424 e. The molecule has 0 fully saturated rings. The van der Waals surface area contributed by atoms with Gasteiger partial charge < -0.3 is 10.5 Å². The highest BCUT2D eigenvalue weighted by molar-refractivity contribution is 5.77. The minimum Gasteiger partial charge on any atom is -0.424 e. The molecular weight excluding hydrogens is 260 g/mol. The molecular formula is C14H12N2O4. The van der Waals surface area contributed by atoms with Crippen molar-refractivity contribution in [3.8, 4) is 5.75 Å². The van der Waals surface area contributed by atoms with Crippen LogP contribution in [0.3, 0.4) is 0 Å². The summed E-state index contributed by atoms with van der Waals surface area (Å²) in [5.41, 5.74) is 6.35. The van der Waals surface area contributed by atoms with Gasteiger partial charge in [-0.3, -0.25) is 14.9 Å². The molecule has 0 spiro atoms. The van der Waals surface area contributed by atoms with Gasteiger partial charge >= 0.3 is 5.97 Å². The second kappa shape index (κ2) is 5.83. The van der Waals surface area contributed by atoms with Crippen molar-refractivity contribution >= 4 is 17.3 Å². The smallest absolute Gasteiger partial charge is 0.315 e. The van der Waals surface area contributed by atoms with Crippen LogP contribution in [0, 0.1) is 10.1 Å². The standard InChI is InChI=1S/C14H12N2O4/c15-12-9-11(16(18)19)6-7-13(12)20-14(17)8-10-4-2-1-3-5-10/h1-7,9H,8,15H2. The van der Waals surface area contributed by atoms with Gasteiger partial charge in [-0.15, -0.1) is 0 Å². The zero-order valence-electron chi connectivity index (χ0n) is 10.5. The number of nitrogens with zero attached hydrogens (tertiary/aromatic N) is 1. The van der Waals surface area contributed by atoms with Crippen LogP contribution in [0.5, 0.6) is 5.75 Å². The highest BCUT2D eigenvalue weighted by Crippen LogP contribution is 2.26. The fourth-order valence-corrected chi connectivity index (χ4v) is 1.66. The van der Waals surface area contributed by atoms with Gasteiger partial charge in [0.25, 0.3) is 5.69 Å². The molecule has 0 aromatic heterocycles. The van der Waals surface area contributed by atoms with Crippen molar-refractivity contribution in [2.24, 2.45) is 0 Å². The number of hydrogen-bond acceptors (Lipinski definition) is 5. The van der Waals surface area contributed by atoms with Crippen molar-refractivity contribution in [1.29, 1.82) is 0 Å². The first-order valence-electron chi connectivity index (χ1n) is 5.85. The molecule has 0 unspecified atom stereocenters. The molecule has 6 nitrogen and oxygen atoms in total. The Bertz CT molecular complexity index is 641. The molecule has 2 rings (SSSR count). The summed E-state index contributed by atoms with van der Waals surface area (Å²) in [4.78, 5) is 21.7. The van der Waals surface area contributed by atoms with Gasteiger partial charge in [0.2, 0.25) is 0 Å². The molecule has 2 aromatic rings. The van der Waals surface area contributed by atoms with Gasteiger partial charge in [-0.05, 0) is 11.6 Å². The van der Waals surface area contributed by atoms with Crippen molar-refractivity contribution < 1.29 is 14.5 Å². The first-order valence-corrected chi connectivity index (χ1v) is 5.85. The molecule has 0 bridgehead atoms. The number of rotatable bonds is 4. The fourth-order valence-electron chi connectivity index (χ4n) is 1.66. The Hall–Kier alpha value is -2.89. The number of hydrogen-bond donors (Lipinski definition) is 1. The van der Waals surface area contributed by atoms with Crippen LogP contribution in [-0.2, 0) is 11.2 Å². The van der Waals surface area contributed by atoms with Crippen molar-refractivity contribution in [2.75, 3.05) is 5.73 Å². The highest BCUT2D eigenvalue weighted by atomic mass is 16.6. The second-order valence-electron chi connectivity index (χ2n) is 4.12. The third-order valence-corrected chi connectivity index (χ3v) is 2.62. The van der Waals surface area contributed by atoms with Gasteiger partial charge in [0, 0.05) is 12.1 Å². The molecule has 6 heteroatoms. The maximum atomic E-state index is 11.7. The number of non-ortho nitro benzene ring substituents is 1. The topological polar surface area (TPSA) is 95.5 Å². The van der Waals surface area contributed by atoms with E-state index in [0.29, 0.717) is 0 Å². The molecule has 0 saturated carbocycles. The van der Waals surface area contributed by atoms with Crippen LogP contribution in [0.1, 0.15) is 5.56 Å². The lowest BCUT2D eigenvalue weighted by atomic mass is 10.1. The maximum absolute atomic E-state index is 11.7. The number of carbonyl (C=O) groups is 1. The van der Waals surface area contributed by atoms with Gasteiger partial charge in [0.1, 0.15) is 0 Å². The Labute approximate surface area is 114 Å². The zero-order valence-corrected chi connectivity index (χ0v) is 10.5. The molecule has 0 atom stereocenters. The maximum Gasteiger partial charge on any atom is 0.315 e. The molecule has 0 saturated heterocycles. The molecule has 0 aliphatic rings. The molecule has 0 aliphatic heterocycles. The number of nitrogens with two attached hydrogens (primary N) is 1. The molecule has 0 aliphatic carbocycles. The van der Waals surface area contributed by atoms with Crippen LogP contribution in [0.2, 0.25) is 0 Å². The number of anilines is 1. The van der Waals surface area contributed by atoms with E-state index < -0.39 is 10.9 Å². The van der Waals surface area contributed by atoms with E-state index in [2.05, 4.69) is 0 Å². The summed E-state index contributed by atoms with van der Waals surface area (Å²) in [6.45, 7) is 0. The summed E-state index contributed by atoms with van der Waals surface area (Å²) in [5.74, 6) is -0.353. The summed E-state index contributed by atoms with van der Waals surface area (Å²) in [6.07, 6.45) is 0.108. The zero-order chi connectivity index (χ0) is 14.5. The van der Waals surface area contributed by atoms with Crippen molar-refractivity contribution in [1.82, 2.24) is 0 Å². The Balaban J connectivity index is 2.06. The number of carbonyl (C=O) groups excluding carboxylic acids is 1. The van der Waals surface area contributed by atoms with Gasteiger partial charge in [-0.1, -0.05) is 30.3 Å². The van der Waals surface area contributed by atoms with E-state index >= 15 is 0 Å². The van der Waals surface area contributed by atoms with E-state index in [1.54, 1.807) is 12.1 Å². The molecule has 2 aromatic carbocycles. The van der Waals surface area contributed by atoms with E-state index in [4.69, 9.17) is 10.5 Å². The Morgan fingerprint density at radius 2 is 1.90 bits per heavy atom. The van der Waals surface area contributed by atoms with Crippen molar-refractivity contribution in [3.05, 3.63) is 64.2 Å². The lowest BCUT2D eigenvalue weighted by Crippen LogP contribution is -2.12. The SMILES string of the molecule is Nc1cc([N+](=O)[O-])ccc1OC(=O)Cc1ccccc1. The third-order valence-electron chi connectivity index (χ3n) is 2.62. The Morgan fingerprint density at radius 3 is 2.50 bits per heavy atom. The lowest BCUT2D eigenvalue weighted by molar-refractivity contribution is -0.384. The quantitative estimate of drug-likeness (QED) is 0.303.